The summed E-state index contributed by atoms with van der Waals surface area (Å²) < 4.78 is 0. The lowest BCUT2D eigenvalue weighted by Crippen LogP contribution is -2.36. The Kier molecular flexibility index (Phi) is 6.65. The first-order valence-electron chi connectivity index (χ1n) is 8.71. The Morgan fingerprint density at radius 3 is 2.59 bits per heavy atom. The first-order chi connectivity index (χ1) is 10.6. The maximum atomic E-state index is 4.61. The van der Waals surface area contributed by atoms with Crippen LogP contribution in [-0.2, 0) is 6.54 Å². The van der Waals surface area contributed by atoms with Gasteiger partial charge >= 0.3 is 0 Å². The van der Waals surface area contributed by atoms with Gasteiger partial charge in [0.25, 0.3) is 0 Å². The van der Waals surface area contributed by atoms with E-state index in [2.05, 4.69) is 60.1 Å². The van der Waals surface area contributed by atoms with E-state index < -0.39 is 0 Å². The van der Waals surface area contributed by atoms with Crippen LogP contribution in [0.4, 0.5) is 5.82 Å². The smallest absolute Gasteiger partial charge is 0.128 e. The third-order valence-corrected chi connectivity index (χ3v) is 4.74. The van der Waals surface area contributed by atoms with E-state index in [1.165, 1.54) is 38.0 Å². The molecule has 0 radical (unpaired) electrons. The number of likely N-dealkylation sites (tertiary alicyclic amines) is 1. The van der Waals surface area contributed by atoms with Crippen LogP contribution >= 0.6 is 0 Å². The predicted octanol–water partition coefficient (Wildman–Crippen LogP) is 2.75. The van der Waals surface area contributed by atoms with Crippen LogP contribution in [0.25, 0.3) is 0 Å². The highest BCUT2D eigenvalue weighted by atomic mass is 15.2. The van der Waals surface area contributed by atoms with Crippen LogP contribution in [0, 0.1) is 5.92 Å². The van der Waals surface area contributed by atoms with Gasteiger partial charge in [-0.05, 0) is 70.4 Å². The van der Waals surface area contributed by atoms with Crippen molar-refractivity contribution in [1.29, 1.82) is 0 Å². The number of nitrogens with one attached hydrogen (secondary N) is 1. The molecule has 0 saturated carbocycles. The van der Waals surface area contributed by atoms with Crippen LogP contribution in [0.5, 0.6) is 0 Å². The number of nitrogens with zero attached hydrogens (tertiary/aromatic N) is 3. The summed E-state index contributed by atoms with van der Waals surface area (Å²) in [5.41, 5.74) is 1.33. The fourth-order valence-electron chi connectivity index (χ4n) is 2.94. The maximum absolute atomic E-state index is 4.61. The third-order valence-electron chi connectivity index (χ3n) is 4.74. The summed E-state index contributed by atoms with van der Waals surface area (Å²) in [6.45, 7) is 12.3. The summed E-state index contributed by atoms with van der Waals surface area (Å²) in [6.07, 6.45) is 4.67. The van der Waals surface area contributed by atoms with E-state index in [1.54, 1.807) is 0 Å². The van der Waals surface area contributed by atoms with Gasteiger partial charge in [-0.1, -0.05) is 13.0 Å². The second-order valence-electron chi connectivity index (χ2n) is 6.76. The molecule has 0 spiro atoms. The maximum Gasteiger partial charge on any atom is 0.128 e. The van der Waals surface area contributed by atoms with Gasteiger partial charge in [0.1, 0.15) is 5.82 Å². The molecule has 1 aromatic rings. The molecule has 1 aromatic heterocycles. The van der Waals surface area contributed by atoms with Crippen LogP contribution in [0.3, 0.4) is 0 Å². The average molecular weight is 304 g/mol. The summed E-state index contributed by atoms with van der Waals surface area (Å²) >= 11 is 0. The first-order valence-corrected chi connectivity index (χ1v) is 8.71. The normalized spacial score (nSPS) is 17.1. The summed E-state index contributed by atoms with van der Waals surface area (Å²) in [5, 5.41) is 3.48. The number of piperidine rings is 1. The highest BCUT2D eigenvalue weighted by molar-refractivity contribution is 5.39. The zero-order valence-electron chi connectivity index (χ0n) is 14.7. The SMILES string of the molecule is CCNCC1CCN(Cc2ccc(N(C)C(C)C)nc2)CC1. The van der Waals surface area contributed by atoms with Gasteiger partial charge in [-0.25, -0.2) is 4.98 Å². The van der Waals surface area contributed by atoms with Crippen molar-refractivity contribution in [2.24, 2.45) is 5.92 Å². The van der Waals surface area contributed by atoms with E-state index >= 15 is 0 Å². The van der Waals surface area contributed by atoms with Crippen molar-refractivity contribution in [3.8, 4) is 0 Å². The second-order valence-corrected chi connectivity index (χ2v) is 6.76. The van der Waals surface area contributed by atoms with Crippen molar-refractivity contribution in [1.82, 2.24) is 15.2 Å². The number of aromatic nitrogens is 1. The minimum Gasteiger partial charge on any atom is -0.357 e. The van der Waals surface area contributed by atoms with Gasteiger partial charge < -0.3 is 10.2 Å². The average Bonchev–Trinajstić information content (AvgIpc) is 2.54. The lowest BCUT2D eigenvalue weighted by atomic mass is 9.96. The second kappa shape index (κ2) is 8.49. The zero-order valence-corrected chi connectivity index (χ0v) is 14.7. The minimum absolute atomic E-state index is 0.481. The van der Waals surface area contributed by atoms with Gasteiger partial charge in [0, 0.05) is 25.8 Å². The van der Waals surface area contributed by atoms with Crippen LogP contribution in [-0.4, -0.2) is 49.2 Å². The molecule has 1 fully saturated rings. The predicted molar refractivity (Wildman–Crippen MR) is 94.3 cm³/mol. The van der Waals surface area contributed by atoms with Gasteiger partial charge in [-0.2, -0.15) is 0 Å². The van der Waals surface area contributed by atoms with E-state index in [4.69, 9.17) is 0 Å². The zero-order chi connectivity index (χ0) is 15.9. The molecular formula is C18H32N4. The van der Waals surface area contributed by atoms with Crippen molar-refractivity contribution in [2.45, 2.75) is 46.2 Å². The van der Waals surface area contributed by atoms with E-state index in [9.17, 15) is 0 Å². The molecular weight excluding hydrogens is 272 g/mol. The molecule has 0 aliphatic carbocycles. The number of pyridine rings is 1. The highest BCUT2D eigenvalue weighted by Gasteiger charge is 2.18. The van der Waals surface area contributed by atoms with Crippen LogP contribution in [0.15, 0.2) is 18.3 Å². The molecule has 1 N–H and O–H groups in total. The largest absolute Gasteiger partial charge is 0.357 e. The van der Waals surface area contributed by atoms with Crippen LogP contribution in [0.2, 0.25) is 0 Å². The molecule has 1 aliphatic rings. The summed E-state index contributed by atoms with van der Waals surface area (Å²) in [5.74, 6) is 1.92. The van der Waals surface area contributed by atoms with Crippen molar-refractivity contribution >= 4 is 5.82 Å². The molecule has 1 saturated heterocycles. The van der Waals surface area contributed by atoms with Crippen molar-refractivity contribution < 1.29 is 0 Å². The molecule has 0 aromatic carbocycles. The van der Waals surface area contributed by atoms with Gasteiger partial charge in [-0.15, -0.1) is 0 Å². The molecule has 4 heteroatoms. The Bertz CT molecular complexity index is 421. The Morgan fingerprint density at radius 2 is 2.05 bits per heavy atom. The van der Waals surface area contributed by atoms with Gasteiger partial charge in [-0.3, -0.25) is 4.90 Å². The molecule has 2 rings (SSSR count). The molecule has 1 aliphatic heterocycles. The van der Waals surface area contributed by atoms with E-state index in [-0.39, 0.29) is 0 Å². The number of hydrogen-bond donors (Lipinski definition) is 1. The Labute approximate surface area is 135 Å². The quantitative estimate of drug-likeness (QED) is 0.839. The minimum atomic E-state index is 0.481. The molecule has 0 atom stereocenters. The van der Waals surface area contributed by atoms with Crippen molar-refractivity contribution in [2.75, 3.05) is 38.1 Å². The third kappa shape index (κ3) is 4.96. The Morgan fingerprint density at radius 1 is 1.32 bits per heavy atom. The molecule has 22 heavy (non-hydrogen) atoms. The van der Waals surface area contributed by atoms with Crippen molar-refractivity contribution in [3.63, 3.8) is 0 Å². The molecule has 124 valence electrons. The number of rotatable bonds is 7. The van der Waals surface area contributed by atoms with Crippen LogP contribution < -0.4 is 10.2 Å². The fraction of sp³-hybridized carbons (Fsp3) is 0.722. The van der Waals surface area contributed by atoms with E-state index in [0.717, 1.165) is 24.8 Å². The van der Waals surface area contributed by atoms with E-state index in [0.29, 0.717) is 6.04 Å². The standard InChI is InChI=1S/C18H32N4/c1-5-19-12-16-8-10-22(11-9-16)14-17-6-7-18(20-13-17)21(4)15(2)3/h6-7,13,15-16,19H,5,8-12,14H2,1-4H3. The lowest BCUT2D eigenvalue weighted by Gasteiger charge is -2.32. The van der Waals surface area contributed by atoms with Crippen molar-refractivity contribution in [3.05, 3.63) is 23.9 Å². The number of anilines is 1. The molecule has 4 nitrogen and oxygen atoms in total. The van der Waals surface area contributed by atoms with Gasteiger partial charge in [0.2, 0.25) is 0 Å². The summed E-state index contributed by atoms with van der Waals surface area (Å²) in [7, 11) is 2.10. The monoisotopic (exact) mass is 304 g/mol. The topological polar surface area (TPSA) is 31.4 Å². The lowest BCUT2D eigenvalue weighted by molar-refractivity contribution is 0.175. The Hall–Kier alpha value is -1.13. The molecule has 2 heterocycles. The first kappa shape index (κ1) is 17.2. The highest BCUT2D eigenvalue weighted by Crippen LogP contribution is 2.19. The molecule has 0 bridgehead atoms. The Balaban J connectivity index is 1.80. The summed E-state index contributed by atoms with van der Waals surface area (Å²) in [4.78, 5) is 9.38. The molecule has 0 unspecified atom stereocenters. The van der Waals surface area contributed by atoms with Gasteiger partial charge in [0.15, 0.2) is 0 Å². The summed E-state index contributed by atoms with van der Waals surface area (Å²) in [6, 6.07) is 4.85. The van der Waals surface area contributed by atoms with Gasteiger partial charge in [0.05, 0.1) is 0 Å². The van der Waals surface area contributed by atoms with E-state index in [1.807, 2.05) is 6.20 Å². The molecule has 0 amide bonds. The number of hydrogen-bond acceptors (Lipinski definition) is 4. The van der Waals surface area contributed by atoms with Crippen LogP contribution in [0.1, 0.15) is 39.2 Å². The fourth-order valence-corrected chi connectivity index (χ4v) is 2.94.